The number of carbonyl (C=O) groups excluding carboxylic acids is 1. The molecule has 0 aliphatic carbocycles. The Morgan fingerprint density at radius 1 is 1.33 bits per heavy atom. The molecule has 1 rings (SSSR count). The monoisotopic (exact) mass is 314 g/mol. The minimum absolute atomic E-state index is 0. The number of amides is 1. The number of benzene rings is 1. The van der Waals surface area contributed by atoms with Crippen molar-refractivity contribution in [3.8, 4) is 0 Å². The second kappa shape index (κ2) is 11.5. The van der Waals surface area contributed by atoms with Gasteiger partial charge in [-0.2, -0.15) is 0 Å². The number of hydrogen-bond acceptors (Lipinski definition) is 3. The van der Waals surface area contributed by atoms with E-state index in [2.05, 4.69) is 12.2 Å². The molecule has 0 aliphatic heterocycles. The Labute approximate surface area is 133 Å². The fourth-order valence-electron chi connectivity index (χ4n) is 2.15. The first-order chi connectivity index (χ1) is 9.67. The van der Waals surface area contributed by atoms with Crippen molar-refractivity contribution in [2.45, 2.75) is 44.7 Å². The van der Waals surface area contributed by atoms with Crippen molar-refractivity contribution < 1.29 is 9.53 Å². The summed E-state index contributed by atoms with van der Waals surface area (Å²) in [5.41, 5.74) is 7.04. The maximum Gasteiger partial charge on any atom is 0.222 e. The van der Waals surface area contributed by atoms with Gasteiger partial charge in [-0.15, -0.1) is 12.4 Å². The number of unbranched alkanes of at least 4 members (excludes halogenated alkanes) is 1. The largest absolute Gasteiger partial charge is 0.383 e. The molecule has 0 bridgehead atoms. The molecular weight excluding hydrogens is 288 g/mol. The van der Waals surface area contributed by atoms with Crippen molar-refractivity contribution in [1.29, 1.82) is 0 Å². The first-order valence-corrected chi connectivity index (χ1v) is 7.26. The van der Waals surface area contributed by atoms with Crippen LogP contribution in [0.15, 0.2) is 30.3 Å². The zero-order chi connectivity index (χ0) is 14.8. The standard InChI is InChI=1S/C16H26N2O2.ClH/c1-3-4-10-14(12-20-2)18-16(19)11-15(17)13-8-6-5-7-9-13;/h5-9,14-15H,3-4,10-12,17H2,1-2H3,(H,18,19);1H. The maximum absolute atomic E-state index is 12.0. The maximum atomic E-state index is 12.0. The van der Waals surface area contributed by atoms with Gasteiger partial charge in [0, 0.05) is 19.6 Å². The van der Waals surface area contributed by atoms with Crippen molar-refractivity contribution in [2.24, 2.45) is 5.73 Å². The average Bonchev–Trinajstić information content (AvgIpc) is 2.45. The Hall–Kier alpha value is -1.10. The number of methoxy groups -OCH3 is 1. The van der Waals surface area contributed by atoms with Gasteiger partial charge in [0.15, 0.2) is 0 Å². The highest BCUT2D eigenvalue weighted by Gasteiger charge is 2.15. The molecule has 4 nitrogen and oxygen atoms in total. The number of halogens is 1. The summed E-state index contributed by atoms with van der Waals surface area (Å²) >= 11 is 0. The molecule has 0 saturated carbocycles. The fourth-order valence-corrected chi connectivity index (χ4v) is 2.15. The van der Waals surface area contributed by atoms with Gasteiger partial charge in [-0.25, -0.2) is 0 Å². The van der Waals surface area contributed by atoms with E-state index in [1.165, 1.54) is 0 Å². The summed E-state index contributed by atoms with van der Waals surface area (Å²) in [5.74, 6) is -0.0143. The molecule has 1 aromatic rings. The normalized spacial score (nSPS) is 13.1. The molecule has 0 aromatic heterocycles. The van der Waals surface area contributed by atoms with Gasteiger partial charge >= 0.3 is 0 Å². The quantitative estimate of drug-likeness (QED) is 0.736. The summed E-state index contributed by atoms with van der Waals surface area (Å²) in [5, 5.41) is 3.01. The van der Waals surface area contributed by atoms with Gasteiger partial charge in [-0.05, 0) is 12.0 Å². The van der Waals surface area contributed by atoms with Crippen LogP contribution in [0.2, 0.25) is 0 Å². The van der Waals surface area contributed by atoms with E-state index in [1.54, 1.807) is 7.11 Å². The summed E-state index contributed by atoms with van der Waals surface area (Å²) < 4.78 is 5.15. The Morgan fingerprint density at radius 3 is 2.57 bits per heavy atom. The van der Waals surface area contributed by atoms with Crippen molar-refractivity contribution >= 4 is 18.3 Å². The average molecular weight is 315 g/mol. The van der Waals surface area contributed by atoms with Crippen LogP contribution in [0.1, 0.15) is 44.2 Å². The van der Waals surface area contributed by atoms with E-state index >= 15 is 0 Å². The number of hydrogen-bond donors (Lipinski definition) is 2. The summed E-state index contributed by atoms with van der Waals surface area (Å²) in [6.07, 6.45) is 3.44. The highest BCUT2D eigenvalue weighted by molar-refractivity contribution is 5.85. The Balaban J connectivity index is 0.00000400. The molecule has 0 heterocycles. The van der Waals surface area contributed by atoms with E-state index in [4.69, 9.17) is 10.5 Å². The summed E-state index contributed by atoms with van der Waals surface area (Å²) in [6.45, 7) is 2.68. The van der Waals surface area contributed by atoms with Crippen molar-refractivity contribution in [1.82, 2.24) is 5.32 Å². The molecule has 1 amide bonds. The fraction of sp³-hybridized carbons (Fsp3) is 0.562. The van der Waals surface area contributed by atoms with Crippen molar-refractivity contribution in [3.63, 3.8) is 0 Å². The van der Waals surface area contributed by atoms with E-state index in [0.29, 0.717) is 13.0 Å². The third-order valence-electron chi connectivity index (χ3n) is 3.27. The first-order valence-electron chi connectivity index (χ1n) is 7.26. The van der Waals surface area contributed by atoms with Gasteiger partial charge in [0.1, 0.15) is 0 Å². The zero-order valence-electron chi connectivity index (χ0n) is 12.9. The lowest BCUT2D eigenvalue weighted by atomic mass is 10.0. The molecule has 21 heavy (non-hydrogen) atoms. The van der Waals surface area contributed by atoms with Crippen LogP contribution in [0.25, 0.3) is 0 Å². The Morgan fingerprint density at radius 2 is 2.00 bits per heavy atom. The van der Waals surface area contributed by atoms with Gasteiger partial charge in [-0.3, -0.25) is 4.79 Å². The SMILES string of the molecule is CCCCC(COC)NC(=O)CC(N)c1ccccc1.Cl. The summed E-state index contributed by atoms with van der Waals surface area (Å²) in [7, 11) is 1.65. The smallest absolute Gasteiger partial charge is 0.222 e. The van der Waals surface area contributed by atoms with E-state index < -0.39 is 0 Å². The third-order valence-corrected chi connectivity index (χ3v) is 3.27. The van der Waals surface area contributed by atoms with E-state index in [-0.39, 0.29) is 30.4 Å². The lowest BCUT2D eigenvalue weighted by Crippen LogP contribution is -2.39. The van der Waals surface area contributed by atoms with E-state index in [0.717, 1.165) is 24.8 Å². The van der Waals surface area contributed by atoms with Crippen LogP contribution in [0, 0.1) is 0 Å². The van der Waals surface area contributed by atoms with Crippen LogP contribution in [0.4, 0.5) is 0 Å². The van der Waals surface area contributed by atoms with Crippen LogP contribution < -0.4 is 11.1 Å². The minimum Gasteiger partial charge on any atom is -0.383 e. The molecule has 0 saturated heterocycles. The lowest BCUT2D eigenvalue weighted by Gasteiger charge is -2.19. The topological polar surface area (TPSA) is 64.3 Å². The molecule has 1 aromatic carbocycles. The number of ether oxygens (including phenoxy) is 1. The van der Waals surface area contributed by atoms with Gasteiger partial charge < -0.3 is 15.8 Å². The predicted octanol–water partition coefficient (Wildman–Crippen LogP) is 2.82. The van der Waals surface area contributed by atoms with Crippen LogP contribution in [0.3, 0.4) is 0 Å². The molecule has 120 valence electrons. The van der Waals surface area contributed by atoms with Gasteiger partial charge in [0.2, 0.25) is 5.91 Å². The second-order valence-electron chi connectivity index (χ2n) is 5.08. The summed E-state index contributed by atoms with van der Waals surface area (Å²) in [4.78, 5) is 12.0. The van der Waals surface area contributed by atoms with Crippen molar-refractivity contribution in [3.05, 3.63) is 35.9 Å². The molecule has 0 fully saturated rings. The van der Waals surface area contributed by atoms with Gasteiger partial charge in [0.25, 0.3) is 0 Å². The molecule has 3 N–H and O–H groups in total. The van der Waals surface area contributed by atoms with Crippen LogP contribution >= 0.6 is 12.4 Å². The van der Waals surface area contributed by atoms with Gasteiger partial charge in [0.05, 0.1) is 12.6 Å². The minimum atomic E-state index is -0.259. The molecule has 5 heteroatoms. The second-order valence-corrected chi connectivity index (χ2v) is 5.08. The van der Waals surface area contributed by atoms with Crippen molar-refractivity contribution in [2.75, 3.05) is 13.7 Å². The molecule has 0 radical (unpaired) electrons. The van der Waals surface area contributed by atoms with Crippen LogP contribution in [0.5, 0.6) is 0 Å². The van der Waals surface area contributed by atoms with E-state index in [1.807, 2.05) is 30.3 Å². The van der Waals surface area contributed by atoms with E-state index in [9.17, 15) is 4.79 Å². The number of nitrogens with one attached hydrogen (secondary N) is 1. The Bertz CT molecular complexity index is 387. The van der Waals surface area contributed by atoms with Crippen LogP contribution in [-0.4, -0.2) is 25.7 Å². The number of carbonyl (C=O) groups is 1. The number of rotatable bonds is 9. The Kier molecular flexibility index (Phi) is 10.9. The zero-order valence-corrected chi connectivity index (χ0v) is 13.7. The molecular formula is C16H27ClN2O2. The highest BCUT2D eigenvalue weighted by atomic mass is 35.5. The third kappa shape index (κ3) is 8.05. The molecule has 2 unspecified atom stereocenters. The lowest BCUT2D eigenvalue weighted by molar-refractivity contribution is -0.122. The molecule has 2 atom stereocenters. The number of nitrogens with two attached hydrogens (primary N) is 1. The highest BCUT2D eigenvalue weighted by Crippen LogP contribution is 2.13. The molecule has 0 spiro atoms. The molecule has 0 aliphatic rings. The first kappa shape index (κ1) is 19.9. The predicted molar refractivity (Wildman–Crippen MR) is 88.6 cm³/mol. The summed E-state index contributed by atoms with van der Waals surface area (Å²) in [6, 6.07) is 9.52. The van der Waals surface area contributed by atoms with Gasteiger partial charge in [-0.1, -0.05) is 50.1 Å². The van der Waals surface area contributed by atoms with Crippen LogP contribution in [-0.2, 0) is 9.53 Å².